The Kier molecular flexibility index (Phi) is 5.23. The van der Waals surface area contributed by atoms with Crippen molar-refractivity contribution >= 4 is 38.1 Å². The number of nitrogens with zero attached hydrogens (tertiary/aromatic N) is 3. The molecule has 160 valence electrons. The number of rotatable bonds is 4. The summed E-state index contributed by atoms with van der Waals surface area (Å²) in [6.07, 6.45) is 2.23. The van der Waals surface area contributed by atoms with E-state index in [1.54, 1.807) is 12.3 Å². The van der Waals surface area contributed by atoms with E-state index in [-0.39, 0.29) is 32.3 Å². The first kappa shape index (κ1) is 21.3. The second-order valence-corrected chi connectivity index (χ2v) is 9.84. The van der Waals surface area contributed by atoms with E-state index in [1.807, 2.05) is 26.8 Å². The van der Waals surface area contributed by atoms with Crippen LogP contribution in [0.3, 0.4) is 0 Å². The molecule has 0 aliphatic carbocycles. The Bertz CT molecular complexity index is 1550. The Balaban J connectivity index is 2.18. The van der Waals surface area contributed by atoms with Gasteiger partial charge in [0.1, 0.15) is 21.7 Å². The van der Waals surface area contributed by atoms with Crippen LogP contribution in [-0.2, 0) is 9.84 Å². The summed E-state index contributed by atoms with van der Waals surface area (Å²) in [5, 5.41) is 9.30. The van der Waals surface area contributed by atoms with Crippen molar-refractivity contribution in [1.29, 1.82) is 5.41 Å². The van der Waals surface area contributed by atoms with Crippen molar-refractivity contribution in [3.8, 4) is 0 Å². The lowest BCUT2D eigenvalue weighted by molar-refractivity contribution is 0.508. The first-order valence-electron chi connectivity index (χ1n) is 9.79. The standard InChI is InChI=1S/C22H21ClN4O3S/c1-4-14(3)27-19(24)18(31(29,30)16-9-7-15(23)8-10-16)12-17-21(27)25-20-13(2)6-5-11-26(20)22(17)28/h5-12,14,24H,4H2,1-3H3/t14-/m1/s1. The predicted octanol–water partition coefficient (Wildman–Crippen LogP) is 3.89. The monoisotopic (exact) mass is 456 g/mol. The normalized spacial score (nSPS) is 13.0. The summed E-state index contributed by atoms with van der Waals surface area (Å²) in [5.41, 5.74) is 0.995. The number of aromatic nitrogens is 3. The van der Waals surface area contributed by atoms with Crippen molar-refractivity contribution in [3.63, 3.8) is 0 Å². The van der Waals surface area contributed by atoms with Crippen molar-refractivity contribution in [2.45, 2.75) is 43.0 Å². The van der Waals surface area contributed by atoms with E-state index in [2.05, 4.69) is 4.98 Å². The van der Waals surface area contributed by atoms with Gasteiger partial charge in [0.15, 0.2) is 0 Å². The topological polar surface area (TPSA) is 97.3 Å². The second kappa shape index (κ2) is 7.62. The number of halogens is 1. The fourth-order valence-electron chi connectivity index (χ4n) is 3.59. The van der Waals surface area contributed by atoms with Crippen molar-refractivity contribution in [2.24, 2.45) is 0 Å². The molecule has 3 heterocycles. The summed E-state index contributed by atoms with van der Waals surface area (Å²) in [6, 6.07) is 10.4. The van der Waals surface area contributed by atoms with Crippen LogP contribution in [0.4, 0.5) is 0 Å². The van der Waals surface area contributed by atoms with Gasteiger partial charge in [-0.2, -0.15) is 0 Å². The molecule has 3 aromatic heterocycles. The largest absolute Gasteiger partial charge is 0.307 e. The highest BCUT2D eigenvalue weighted by Crippen LogP contribution is 2.24. The first-order valence-corrected chi connectivity index (χ1v) is 11.7. The molecule has 0 saturated carbocycles. The van der Waals surface area contributed by atoms with Crippen LogP contribution in [0.2, 0.25) is 5.02 Å². The fraction of sp³-hybridized carbons (Fsp3) is 0.227. The maximum atomic E-state index is 13.4. The lowest BCUT2D eigenvalue weighted by Gasteiger charge is -2.19. The SMILES string of the molecule is CC[C@@H](C)n1c(=N)c(S(=O)(=O)c2ccc(Cl)cc2)cc2c(=O)n3cccc(C)c3nc21. The van der Waals surface area contributed by atoms with E-state index < -0.39 is 9.84 Å². The third-order valence-corrected chi connectivity index (χ3v) is 7.52. The number of sulfone groups is 1. The van der Waals surface area contributed by atoms with Crippen LogP contribution in [0.5, 0.6) is 0 Å². The number of nitrogens with one attached hydrogen (secondary N) is 1. The minimum atomic E-state index is -4.06. The Hall–Kier alpha value is -2.97. The van der Waals surface area contributed by atoms with E-state index in [0.29, 0.717) is 22.7 Å². The Morgan fingerprint density at radius 3 is 2.48 bits per heavy atom. The zero-order chi connectivity index (χ0) is 22.5. The minimum Gasteiger partial charge on any atom is -0.307 e. The average Bonchev–Trinajstić information content (AvgIpc) is 2.74. The predicted molar refractivity (Wildman–Crippen MR) is 119 cm³/mol. The quantitative estimate of drug-likeness (QED) is 0.471. The molecule has 31 heavy (non-hydrogen) atoms. The number of aryl methyl sites for hydroxylation is 1. The van der Waals surface area contributed by atoms with Crippen molar-refractivity contribution < 1.29 is 8.42 Å². The highest BCUT2D eigenvalue weighted by molar-refractivity contribution is 7.91. The summed E-state index contributed by atoms with van der Waals surface area (Å²) < 4.78 is 29.7. The molecule has 0 unspecified atom stereocenters. The summed E-state index contributed by atoms with van der Waals surface area (Å²) in [4.78, 5) is 17.7. The number of benzene rings is 1. The minimum absolute atomic E-state index is 0.00477. The lowest BCUT2D eigenvalue weighted by Crippen LogP contribution is -2.31. The van der Waals surface area contributed by atoms with Crippen LogP contribution in [0.25, 0.3) is 16.7 Å². The van der Waals surface area contributed by atoms with Crippen LogP contribution in [-0.4, -0.2) is 22.4 Å². The molecule has 1 aromatic carbocycles. The Labute approximate surface area is 184 Å². The first-order chi connectivity index (χ1) is 14.7. The average molecular weight is 457 g/mol. The van der Waals surface area contributed by atoms with Crippen LogP contribution in [0.1, 0.15) is 31.9 Å². The molecule has 0 aliphatic heterocycles. The summed E-state index contributed by atoms with van der Waals surface area (Å²) in [7, 11) is -4.06. The third-order valence-electron chi connectivity index (χ3n) is 5.49. The molecule has 0 radical (unpaired) electrons. The van der Waals surface area contributed by atoms with Gasteiger partial charge < -0.3 is 4.57 Å². The number of hydrogen-bond donors (Lipinski definition) is 1. The van der Waals surface area contributed by atoms with Gasteiger partial charge in [0.2, 0.25) is 9.84 Å². The summed E-state index contributed by atoms with van der Waals surface area (Å²) in [6.45, 7) is 5.65. The molecule has 0 bridgehead atoms. The zero-order valence-corrected chi connectivity index (χ0v) is 18.8. The lowest BCUT2D eigenvalue weighted by atomic mass is 10.2. The number of fused-ring (bicyclic) bond motifs is 2. The second-order valence-electron chi connectivity index (χ2n) is 7.48. The smallest absolute Gasteiger partial charge is 0.267 e. The summed E-state index contributed by atoms with van der Waals surface area (Å²) >= 11 is 5.90. The Morgan fingerprint density at radius 2 is 1.84 bits per heavy atom. The van der Waals surface area contributed by atoms with Gasteiger partial charge in [-0.1, -0.05) is 24.6 Å². The molecular weight excluding hydrogens is 436 g/mol. The zero-order valence-electron chi connectivity index (χ0n) is 17.3. The van der Waals surface area contributed by atoms with E-state index in [1.165, 1.54) is 39.3 Å². The van der Waals surface area contributed by atoms with Gasteiger partial charge in [0.05, 0.1) is 10.3 Å². The molecule has 0 fully saturated rings. The van der Waals surface area contributed by atoms with Crippen LogP contribution in [0.15, 0.2) is 63.2 Å². The van der Waals surface area contributed by atoms with Gasteiger partial charge in [0, 0.05) is 17.3 Å². The van der Waals surface area contributed by atoms with E-state index in [4.69, 9.17) is 17.0 Å². The van der Waals surface area contributed by atoms with Gasteiger partial charge in [-0.3, -0.25) is 14.6 Å². The van der Waals surface area contributed by atoms with Gasteiger partial charge in [0.25, 0.3) is 5.56 Å². The van der Waals surface area contributed by atoms with Crippen LogP contribution >= 0.6 is 11.6 Å². The highest BCUT2D eigenvalue weighted by atomic mass is 35.5. The highest BCUT2D eigenvalue weighted by Gasteiger charge is 2.25. The Morgan fingerprint density at radius 1 is 1.16 bits per heavy atom. The van der Waals surface area contributed by atoms with E-state index in [9.17, 15) is 13.2 Å². The number of hydrogen-bond acceptors (Lipinski definition) is 5. The molecule has 0 amide bonds. The molecule has 1 atom stereocenters. The van der Waals surface area contributed by atoms with Gasteiger partial charge in [-0.05, 0) is 62.2 Å². The maximum Gasteiger partial charge on any atom is 0.267 e. The van der Waals surface area contributed by atoms with Gasteiger partial charge in [-0.25, -0.2) is 13.4 Å². The molecule has 0 spiro atoms. The van der Waals surface area contributed by atoms with Crippen LogP contribution < -0.4 is 11.0 Å². The third kappa shape index (κ3) is 3.36. The molecule has 9 heteroatoms. The van der Waals surface area contributed by atoms with Crippen molar-refractivity contribution in [2.75, 3.05) is 0 Å². The van der Waals surface area contributed by atoms with Gasteiger partial charge in [-0.15, -0.1) is 0 Å². The van der Waals surface area contributed by atoms with E-state index >= 15 is 0 Å². The van der Waals surface area contributed by atoms with Gasteiger partial charge >= 0.3 is 0 Å². The van der Waals surface area contributed by atoms with E-state index in [0.717, 1.165) is 5.56 Å². The molecule has 0 aliphatic rings. The van der Waals surface area contributed by atoms with Crippen molar-refractivity contribution in [1.82, 2.24) is 14.0 Å². The summed E-state index contributed by atoms with van der Waals surface area (Å²) in [5.74, 6) is 0. The fourth-order valence-corrected chi connectivity index (χ4v) is 5.09. The molecule has 4 aromatic rings. The molecule has 1 N–H and O–H groups in total. The molecule has 0 saturated heterocycles. The van der Waals surface area contributed by atoms with Crippen LogP contribution in [0, 0.1) is 12.3 Å². The molecule has 7 nitrogen and oxygen atoms in total. The molecule has 4 rings (SSSR count). The van der Waals surface area contributed by atoms with Crippen molar-refractivity contribution in [3.05, 3.63) is 75.1 Å². The number of pyridine rings is 2. The maximum absolute atomic E-state index is 13.4. The molecular formula is C22H21ClN4O3S.